The first kappa shape index (κ1) is 17.0. The second-order valence-corrected chi connectivity index (χ2v) is 5.45. The van der Waals surface area contributed by atoms with Gasteiger partial charge in [-0.1, -0.05) is 12.1 Å². The maximum Gasteiger partial charge on any atom is 0.315 e. The predicted octanol–water partition coefficient (Wildman–Crippen LogP) is 2.70. The predicted molar refractivity (Wildman–Crippen MR) is 87.7 cm³/mol. The summed E-state index contributed by atoms with van der Waals surface area (Å²) in [6.45, 7) is 7.86. The van der Waals surface area contributed by atoms with Crippen LogP contribution in [-0.4, -0.2) is 22.4 Å². The molecule has 124 valence electrons. The van der Waals surface area contributed by atoms with Crippen LogP contribution in [0.4, 0.5) is 9.18 Å². The van der Waals surface area contributed by atoms with Crippen molar-refractivity contribution in [1.29, 1.82) is 0 Å². The van der Waals surface area contributed by atoms with E-state index in [9.17, 15) is 9.18 Å². The fourth-order valence-electron chi connectivity index (χ4n) is 2.55. The number of hydrogen-bond donors (Lipinski definition) is 2. The number of aromatic nitrogens is 2. The minimum Gasteiger partial charge on any atom is -0.338 e. The zero-order chi connectivity index (χ0) is 16.8. The maximum atomic E-state index is 12.8. The van der Waals surface area contributed by atoms with Gasteiger partial charge in [-0.2, -0.15) is 5.10 Å². The zero-order valence-electron chi connectivity index (χ0n) is 13.8. The van der Waals surface area contributed by atoms with Gasteiger partial charge in [0, 0.05) is 25.3 Å². The number of halogens is 1. The highest BCUT2D eigenvalue weighted by Gasteiger charge is 2.10. The zero-order valence-corrected chi connectivity index (χ0v) is 13.8. The first-order valence-corrected chi connectivity index (χ1v) is 7.80. The van der Waals surface area contributed by atoms with Crippen LogP contribution in [0, 0.1) is 19.7 Å². The third-order valence-electron chi connectivity index (χ3n) is 3.86. The summed E-state index contributed by atoms with van der Waals surface area (Å²) in [5, 5.41) is 10.1. The third-order valence-corrected chi connectivity index (χ3v) is 3.86. The van der Waals surface area contributed by atoms with Crippen molar-refractivity contribution in [3.05, 3.63) is 52.6 Å². The number of carbonyl (C=O) groups is 1. The van der Waals surface area contributed by atoms with Crippen LogP contribution in [0.3, 0.4) is 0 Å². The normalized spacial score (nSPS) is 10.6. The van der Waals surface area contributed by atoms with Gasteiger partial charge in [0.25, 0.3) is 0 Å². The molecule has 0 radical (unpaired) electrons. The summed E-state index contributed by atoms with van der Waals surface area (Å²) in [4.78, 5) is 11.8. The minimum absolute atomic E-state index is 0.229. The SMILES string of the molecule is CCn1nc(C)c(CCNC(=O)NCc2ccc(F)cc2)c1C. The van der Waals surface area contributed by atoms with Gasteiger partial charge in [-0.25, -0.2) is 9.18 Å². The Balaban J connectivity index is 1.76. The molecule has 5 nitrogen and oxygen atoms in total. The Morgan fingerprint density at radius 2 is 1.91 bits per heavy atom. The van der Waals surface area contributed by atoms with Crippen LogP contribution in [-0.2, 0) is 19.5 Å². The smallest absolute Gasteiger partial charge is 0.315 e. The van der Waals surface area contributed by atoms with Crippen molar-refractivity contribution in [3.8, 4) is 0 Å². The molecular formula is C17H23FN4O. The molecule has 6 heteroatoms. The molecule has 1 aromatic carbocycles. The van der Waals surface area contributed by atoms with Crippen LogP contribution >= 0.6 is 0 Å². The Kier molecular flexibility index (Phi) is 5.73. The van der Waals surface area contributed by atoms with Crippen molar-refractivity contribution in [2.24, 2.45) is 0 Å². The van der Waals surface area contributed by atoms with Crippen molar-refractivity contribution in [2.45, 2.75) is 40.3 Å². The van der Waals surface area contributed by atoms with E-state index in [1.807, 2.05) is 18.5 Å². The van der Waals surface area contributed by atoms with Crippen molar-refractivity contribution >= 4 is 6.03 Å². The van der Waals surface area contributed by atoms with Gasteiger partial charge < -0.3 is 10.6 Å². The summed E-state index contributed by atoms with van der Waals surface area (Å²) < 4.78 is 14.8. The van der Waals surface area contributed by atoms with Gasteiger partial charge in [0.05, 0.1) is 5.69 Å². The van der Waals surface area contributed by atoms with Crippen LogP contribution in [0.25, 0.3) is 0 Å². The first-order chi connectivity index (χ1) is 11.0. The van der Waals surface area contributed by atoms with Gasteiger partial charge in [-0.05, 0) is 50.5 Å². The van der Waals surface area contributed by atoms with E-state index in [0.717, 1.165) is 29.9 Å². The summed E-state index contributed by atoms with van der Waals surface area (Å²) >= 11 is 0. The molecule has 0 unspecified atom stereocenters. The molecule has 2 amide bonds. The lowest BCUT2D eigenvalue weighted by atomic mass is 10.1. The van der Waals surface area contributed by atoms with Crippen molar-refractivity contribution in [3.63, 3.8) is 0 Å². The molecule has 2 N–H and O–H groups in total. The molecule has 1 heterocycles. The summed E-state index contributed by atoms with van der Waals surface area (Å²) in [5.74, 6) is -0.281. The van der Waals surface area contributed by atoms with E-state index >= 15 is 0 Å². The minimum atomic E-state index is -0.281. The lowest BCUT2D eigenvalue weighted by Crippen LogP contribution is -2.36. The average molecular weight is 318 g/mol. The summed E-state index contributed by atoms with van der Waals surface area (Å²) in [6.07, 6.45) is 0.752. The second kappa shape index (κ2) is 7.76. The molecule has 23 heavy (non-hydrogen) atoms. The van der Waals surface area contributed by atoms with Gasteiger partial charge in [-0.15, -0.1) is 0 Å². The van der Waals surface area contributed by atoms with E-state index in [1.54, 1.807) is 12.1 Å². The Morgan fingerprint density at radius 3 is 2.52 bits per heavy atom. The highest BCUT2D eigenvalue weighted by atomic mass is 19.1. The third kappa shape index (κ3) is 4.55. The number of urea groups is 1. The quantitative estimate of drug-likeness (QED) is 0.860. The monoisotopic (exact) mass is 318 g/mol. The number of nitrogens with one attached hydrogen (secondary N) is 2. The molecule has 2 rings (SSSR count). The van der Waals surface area contributed by atoms with E-state index < -0.39 is 0 Å². The number of hydrogen-bond acceptors (Lipinski definition) is 2. The van der Waals surface area contributed by atoms with Crippen LogP contribution in [0.5, 0.6) is 0 Å². The fourth-order valence-corrected chi connectivity index (χ4v) is 2.55. The summed E-state index contributed by atoms with van der Waals surface area (Å²) in [5.41, 5.74) is 4.21. The lowest BCUT2D eigenvalue weighted by Gasteiger charge is -2.08. The molecule has 0 saturated carbocycles. The van der Waals surface area contributed by atoms with E-state index in [4.69, 9.17) is 0 Å². The number of rotatable bonds is 6. The lowest BCUT2D eigenvalue weighted by molar-refractivity contribution is 0.240. The highest BCUT2D eigenvalue weighted by Crippen LogP contribution is 2.13. The molecule has 0 fully saturated rings. The maximum absolute atomic E-state index is 12.8. The van der Waals surface area contributed by atoms with E-state index in [0.29, 0.717) is 13.1 Å². The molecule has 0 atom stereocenters. The molecule has 2 aromatic rings. The first-order valence-electron chi connectivity index (χ1n) is 7.80. The molecule has 0 aliphatic rings. The molecule has 0 bridgehead atoms. The number of nitrogens with zero attached hydrogens (tertiary/aromatic N) is 2. The van der Waals surface area contributed by atoms with Gasteiger partial charge >= 0.3 is 6.03 Å². The second-order valence-electron chi connectivity index (χ2n) is 5.45. The average Bonchev–Trinajstić information content (AvgIpc) is 2.81. The van der Waals surface area contributed by atoms with E-state index in [1.165, 1.54) is 17.7 Å². The molecule has 0 aliphatic heterocycles. The number of carbonyl (C=O) groups excluding carboxylic acids is 1. The van der Waals surface area contributed by atoms with Gasteiger partial charge in [0.15, 0.2) is 0 Å². The van der Waals surface area contributed by atoms with Crippen LogP contribution in [0.1, 0.15) is 29.4 Å². The topological polar surface area (TPSA) is 59.0 Å². The van der Waals surface area contributed by atoms with E-state index in [2.05, 4.69) is 22.7 Å². The standard InChI is InChI=1S/C17H23FN4O/c1-4-22-13(3)16(12(2)21-22)9-10-19-17(23)20-11-14-5-7-15(18)8-6-14/h5-8H,4,9-11H2,1-3H3,(H2,19,20,23). The Bertz CT molecular complexity index is 664. The summed E-state index contributed by atoms with van der Waals surface area (Å²) in [6, 6.07) is 5.84. The van der Waals surface area contributed by atoms with E-state index in [-0.39, 0.29) is 11.8 Å². The molecule has 0 aliphatic carbocycles. The van der Waals surface area contributed by atoms with Gasteiger partial charge in [-0.3, -0.25) is 4.68 Å². The van der Waals surface area contributed by atoms with Crippen LogP contribution in [0.15, 0.2) is 24.3 Å². The van der Waals surface area contributed by atoms with Crippen molar-refractivity contribution in [2.75, 3.05) is 6.54 Å². The molecule has 0 spiro atoms. The Hall–Kier alpha value is -2.37. The van der Waals surface area contributed by atoms with Crippen LogP contribution < -0.4 is 10.6 Å². The Labute approximate surface area is 135 Å². The number of amides is 2. The Morgan fingerprint density at radius 1 is 1.22 bits per heavy atom. The number of aryl methyl sites for hydroxylation is 2. The van der Waals surface area contributed by atoms with Crippen molar-refractivity contribution in [1.82, 2.24) is 20.4 Å². The van der Waals surface area contributed by atoms with Crippen molar-refractivity contribution < 1.29 is 9.18 Å². The number of benzene rings is 1. The summed E-state index contributed by atoms with van der Waals surface area (Å²) in [7, 11) is 0. The fraction of sp³-hybridized carbons (Fsp3) is 0.412. The van der Waals surface area contributed by atoms with Crippen LogP contribution in [0.2, 0.25) is 0 Å². The highest BCUT2D eigenvalue weighted by molar-refractivity contribution is 5.73. The van der Waals surface area contributed by atoms with Gasteiger partial charge in [0.1, 0.15) is 5.82 Å². The largest absolute Gasteiger partial charge is 0.338 e. The molecular weight excluding hydrogens is 295 g/mol. The molecule has 1 aromatic heterocycles. The molecule has 0 saturated heterocycles. The van der Waals surface area contributed by atoms with Gasteiger partial charge in [0.2, 0.25) is 0 Å².